The lowest BCUT2D eigenvalue weighted by molar-refractivity contribution is 0.0375. The first-order valence-corrected chi connectivity index (χ1v) is 10.5. The second-order valence-corrected chi connectivity index (χ2v) is 8.09. The molecule has 3 heterocycles. The summed E-state index contributed by atoms with van der Waals surface area (Å²) >= 11 is 0. The first kappa shape index (κ1) is 20.2. The van der Waals surface area contributed by atoms with E-state index < -0.39 is 5.97 Å². The average Bonchev–Trinajstić information content (AvgIpc) is 3.28. The minimum atomic E-state index is -0.607. The van der Waals surface area contributed by atoms with Gasteiger partial charge in [0.05, 0.1) is 6.10 Å². The van der Waals surface area contributed by atoms with E-state index in [0.29, 0.717) is 18.3 Å². The van der Waals surface area contributed by atoms with Gasteiger partial charge in [0.1, 0.15) is 0 Å². The van der Waals surface area contributed by atoms with Crippen LogP contribution in [0.2, 0.25) is 0 Å². The maximum absolute atomic E-state index is 12.7. The molecule has 0 spiro atoms. The molecule has 7 nitrogen and oxygen atoms in total. The Kier molecular flexibility index (Phi) is 5.88. The van der Waals surface area contributed by atoms with E-state index in [1.165, 1.54) is 19.3 Å². The Hall–Kier alpha value is -3.09. The largest absolute Gasteiger partial charge is 0.504 e. The Morgan fingerprint density at radius 1 is 1.37 bits per heavy atom. The van der Waals surface area contributed by atoms with E-state index in [1.807, 2.05) is 12.1 Å². The fraction of sp³-hybridized carbons (Fsp3) is 0.435. The van der Waals surface area contributed by atoms with Crippen LogP contribution in [0.3, 0.4) is 0 Å². The van der Waals surface area contributed by atoms with Crippen molar-refractivity contribution in [1.29, 1.82) is 0 Å². The van der Waals surface area contributed by atoms with Crippen LogP contribution in [0.5, 0.6) is 5.75 Å². The molecule has 2 aliphatic rings. The molecule has 0 saturated heterocycles. The highest BCUT2D eigenvalue weighted by molar-refractivity contribution is 6.21. The van der Waals surface area contributed by atoms with Crippen LogP contribution in [-0.4, -0.2) is 34.9 Å². The Balaban J connectivity index is 1.64. The van der Waals surface area contributed by atoms with Crippen LogP contribution in [0.15, 0.2) is 27.7 Å². The highest BCUT2D eigenvalue weighted by atomic mass is 16.5. The summed E-state index contributed by atoms with van der Waals surface area (Å²) in [5.74, 6) is 0.743. The van der Waals surface area contributed by atoms with Crippen molar-refractivity contribution in [3.05, 3.63) is 35.2 Å². The van der Waals surface area contributed by atoms with Gasteiger partial charge in [0.15, 0.2) is 22.9 Å². The first-order chi connectivity index (χ1) is 14.5. The predicted octanol–water partition coefficient (Wildman–Crippen LogP) is 5.19. The molecule has 0 amide bonds. The molecule has 30 heavy (non-hydrogen) atoms. The summed E-state index contributed by atoms with van der Waals surface area (Å²) in [4.78, 5) is 21.2. The van der Waals surface area contributed by atoms with Crippen LogP contribution < -0.4 is 5.32 Å². The molecule has 1 saturated carbocycles. The van der Waals surface area contributed by atoms with Crippen molar-refractivity contribution in [2.24, 2.45) is 10.9 Å². The molecule has 4 rings (SSSR count). The monoisotopic (exact) mass is 409 g/mol. The highest BCUT2D eigenvalue weighted by Crippen LogP contribution is 2.39. The molecule has 1 aliphatic carbocycles. The van der Waals surface area contributed by atoms with E-state index in [2.05, 4.69) is 15.3 Å². The van der Waals surface area contributed by atoms with E-state index in [4.69, 9.17) is 9.15 Å². The molecule has 1 fully saturated rings. The lowest BCUT2D eigenvalue weighted by Crippen LogP contribution is -2.19. The number of aromatic hydroxyl groups is 1. The van der Waals surface area contributed by atoms with Crippen LogP contribution in [0.1, 0.15) is 67.6 Å². The molecule has 7 heteroatoms. The Morgan fingerprint density at radius 2 is 2.17 bits per heavy atom. The van der Waals surface area contributed by atoms with E-state index in [0.717, 1.165) is 24.0 Å². The second kappa shape index (κ2) is 8.73. The van der Waals surface area contributed by atoms with Gasteiger partial charge in [0.2, 0.25) is 5.88 Å². The number of ether oxygens (including phenoxy) is 1. The number of hydrogen-bond donors (Lipinski definition) is 2. The minimum absolute atomic E-state index is 0.0349. The molecular weight excluding hydrogens is 382 g/mol. The Bertz CT molecular complexity index is 984. The first-order valence-electron chi connectivity index (χ1n) is 10.5. The van der Waals surface area contributed by atoms with Gasteiger partial charge in [-0.05, 0) is 50.8 Å². The van der Waals surface area contributed by atoms with Gasteiger partial charge >= 0.3 is 5.97 Å². The number of hydrogen-bond acceptors (Lipinski definition) is 7. The van der Waals surface area contributed by atoms with Crippen molar-refractivity contribution < 1.29 is 19.1 Å². The number of aliphatic imine (C=N–C) groups is 1. The van der Waals surface area contributed by atoms with Gasteiger partial charge < -0.3 is 19.6 Å². The van der Waals surface area contributed by atoms with Gasteiger partial charge in [0.25, 0.3) is 0 Å². The third-order valence-electron chi connectivity index (χ3n) is 5.44. The molecule has 1 aliphatic heterocycles. The van der Waals surface area contributed by atoms with Crippen molar-refractivity contribution in [2.75, 3.05) is 11.9 Å². The number of fused-ring (bicyclic) bond motifs is 1. The summed E-state index contributed by atoms with van der Waals surface area (Å²) in [5.41, 5.74) is 1.63. The van der Waals surface area contributed by atoms with Gasteiger partial charge in [-0.2, -0.15) is 0 Å². The number of carbonyl (C=O) groups excluding carboxylic acids is 1. The molecule has 2 aromatic rings. The quantitative estimate of drug-likeness (QED) is 0.637. The summed E-state index contributed by atoms with van der Waals surface area (Å²) in [6, 6.07) is 3.73. The van der Waals surface area contributed by atoms with Gasteiger partial charge in [-0.15, -0.1) is 0 Å². The summed E-state index contributed by atoms with van der Waals surface area (Å²) in [5, 5.41) is 14.0. The lowest BCUT2D eigenvalue weighted by Gasteiger charge is -2.21. The predicted molar refractivity (Wildman–Crippen MR) is 116 cm³/mol. The number of aromatic nitrogens is 1. The summed E-state index contributed by atoms with van der Waals surface area (Å²) < 4.78 is 11.2. The third-order valence-corrected chi connectivity index (χ3v) is 5.44. The topological polar surface area (TPSA) is 97.0 Å². The third kappa shape index (κ3) is 4.25. The molecule has 2 aromatic heterocycles. The van der Waals surface area contributed by atoms with Crippen LogP contribution in [0, 0.1) is 5.92 Å². The molecule has 2 N–H and O–H groups in total. The van der Waals surface area contributed by atoms with Gasteiger partial charge in [-0.1, -0.05) is 19.3 Å². The molecule has 0 bridgehead atoms. The van der Waals surface area contributed by atoms with Gasteiger partial charge in [-0.3, -0.25) is 0 Å². The smallest absolute Gasteiger partial charge is 0.347 e. The van der Waals surface area contributed by atoms with Crippen LogP contribution in [0.4, 0.5) is 11.7 Å². The summed E-state index contributed by atoms with van der Waals surface area (Å²) in [7, 11) is 0. The van der Waals surface area contributed by atoms with E-state index in [9.17, 15) is 9.90 Å². The molecule has 0 unspecified atom stereocenters. The molecule has 0 atom stereocenters. The van der Waals surface area contributed by atoms with E-state index in [1.54, 1.807) is 32.3 Å². The lowest BCUT2D eigenvalue weighted by atomic mass is 9.89. The van der Waals surface area contributed by atoms with Gasteiger partial charge in [-0.25, -0.2) is 14.8 Å². The van der Waals surface area contributed by atoms with Crippen molar-refractivity contribution >= 4 is 35.5 Å². The van der Waals surface area contributed by atoms with E-state index >= 15 is 0 Å². The number of rotatable bonds is 6. The van der Waals surface area contributed by atoms with E-state index in [-0.39, 0.29) is 29.1 Å². The molecule has 0 aromatic carbocycles. The molecule has 0 radical (unpaired) electrons. The number of anilines is 1. The number of carbonyl (C=O) groups is 1. The fourth-order valence-electron chi connectivity index (χ4n) is 3.93. The number of furan rings is 1. The molecular formula is C23H27N3O4. The highest BCUT2D eigenvalue weighted by Gasteiger charge is 2.28. The maximum Gasteiger partial charge on any atom is 0.347 e. The SMILES string of the molecule is CC(C)OC(=O)c1c(NCC2CCCCC2)oc(C=C2C=Nc3ncccc32)c1O. The summed E-state index contributed by atoms with van der Waals surface area (Å²) in [6.07, 6.45) is 10.7. The Morgan fingerprint density at radius 3 is 2.93 bits per heavy atom. The normalized spacial score (nSPS) is 17.5. The second-order valence-electron chi connectivity index (χ2n) is 8.09. The Labute approximate surface area is 175 Å². The number of allylic oxidation sites excluding steroid dienone is 1. The zero-order chi connectivity index (χ0) is 21.1. The van der Waals surface area contributed by atoms with Crippen LogP contribution >= 0.6 is 0 Å². The van der Waals surface area contributed by atoms with Crippen molar-refractivity contribution in [2.45, 2.75) is 52.1 Å². The minimum Gasteiger partial charge on any atom is -0.504 e. The van der Waals surface area contributed by atoms with Crippen molar-refractivity contribution in [3.63, 3.8) is 0 Å². The van der Waals surface area contributed by atoms with Crippen LogP contribution in [0.25, 0.3) is 11.6 Å². The summed E-state index contributed by atoms with van der Waals surface area (Å²) in [6.45, 7) is 4.23. The van der Waals surface area contributed by atoms with Crippen molar-refractivity contribution in [1.82, 2.24) is 4.98 Å². The number of nitrogens with one attached hydrogen (secondary N) is 1. The zero-order valence-electron chi connectivity index (χ0n) is 17.4. The standard InChI is InChI=1S/C23H27N3O4/c1-14(2)29-23(28)19-20(27)18(11-16-13-25-21-17(16)9-6-10-24-21)30-22(19)26-12-15-7-4-3-5-8-15/h6,9-11,13-15,26-27H,3-5,7-8,12H2,1-2H3. The fourth-order valence-corrected chi connectivity index (χ4v) is 3.93. The van der Waals surface area contributed by atoms with Gasteiger partial charge in [0, 0.05) is 30.1 Å². The maximum atomic E-state index is 12.7. The average molecular weight is 409 g/mol. The number of esters is 1. The number of nitrogens with zero attached hydrogens (tertiary/aromatic N) is 2. The number of pyridine rings is 1. The molecule has 158 valence electrons. The zero-order valence-corrected chi connectivity index (χ0v) is 17.4. The van der Waals surface area contributed by atoms with Crippen molar-refractivity contribution in [3.8, 4) is 5.75 Å². The van der Waals surface area contributed by atoms with Crippen LogP contribution in [-0.2, 0) is 4.74 Å².